The van der Waals surface area contributed by atoms with Gasteiger partial charge >= 0.3 is 25.8 Å². The molecule has 0 N–H and O–H groups in total. The summed E-state index contributed by atoms with van der Waals surface area (Å²) < 4.78 is 0. The van der Waals surface area contributed by atoms with E-state index in [9.17, 15) is 0 Å². The number of benzene rings is 1. The van der Waals surface area contributed by atoms with Crippen LogP contribution >= 0.6 is 0 Å². The summed E-state index contributed by atoms with van der Waals surface area (Å²) in [5.74, 6) is 3.23. The molecule has 1 aromatic rings. The number of rotatable bonds is 1. The Kier molecular flexibility index (Phi) is 16.4. The third-order valence-corrected chi connectivity index (χ3v) is 6.66. The van der Waals surface area contributed by atoms with E-state index in [1.165, 1.54) is 30.9 Å². The minimum absolute atomic E-state index is 0. The SMILES string of the molecule is C1=CC2[CH-]CCC2C=C1.C1=CC2[CH-]CCC2C=C1.C[SiH]c1ccccc1.[Cl-].[Cl-].[Hf+4]. The first-order valence-corrected chi connectivity index (χ1v) is 11.8. The van der Waals surface area contributed by atoms with Gasteiger partial charge in [-0.15, -0.1) is 24.0 Å². The summed E-state index contributed by atoms with van der Waals surface area (Å²) in [5, 5.41) is 1.49. The standard InChI is InChI=1S/2C9H11.C7H9Si.2ClH.Hf/c2*1-2-5-9-7-3-6-8(9)4-1;1-8-7-5-3-2-4-6-7;;;/h2*1-2,4-6,8-9H,3,7H2;2-6,8H,1H3;2*1H;/q2*-1;;;;+4/p-2. The Morgan fingerprint density at radius 3 is 1.55 bits per heavy atom. The van der Waals surface area contributed by atoms with E-state index in [-0.39, 0.29) is 50.7 Å². The molecular weight excluding hydrogens is 578 g/mol. The number of allylic oxidation sites excluding steroid dienone is 8. The second-order valence-corrected chi connectivity index (χ2v) is 8.59. The zero-order valence-corrected chi connectivity index (χ0v) is 23.4. The summed E-state index contributed by atoms with van der Waals surface area (Å²) in [5.41, 5.74) is 0. The van der Waals surface area contributed by atoms with Gasteiger partial charge in [0.15, 0.2) is 0 Å². The molecule has 4 unspecified atom stereocenters. The molecule has 0 aromatic heterocycles. The molecule has 0 spiro atoms. The molecule has 0 amide bonds. The van der Waals surface area contributed by atoms with Gasteiger partial charge in [0.1, 0.15) is 0 Å². The Morgan fingerprint density at radius 2 is 1.17 bits per heavy atom. The van der Waals surface area contributed by atoms with Crippen LogP contribution < -0.4 is 30.0 Å². The molecule has 29 heavy (non-hydrogen) atoms. The van der Waals surface area contributed by atoms with Crippen molar-refractivity contribution in [2.75, 3.05) is 0 Å². The molecule has 4 aliphatic rings. The molecule has 0 heterocycles. The minimum Gasteiger partial charge on any atom is -1.00 e. The molecule has 4 atom stereocenters. The number of hydrogen-bond donors (Lipinski definition) is 0. The van der Waals surface area contributed by atoms with Crippen LogP contribution in [0.2, 0.25) is 6.55 Å². The summed E-state index contributed by atoms with van der Waals surface area (Å²) in [4.78, 5) is 0. The van der Waals surface area contributed by atoms with Crippen LogP contribution in [0.1, 0.15) is 25.7 Å². The maximum atomic E-state index is 2.42. The van der Waals surface area contributed by atoms with E-state index in [1.807, 2.05) is 0 Å². The van der Waals surface area contributed by atoms with Gasteiger partial charge in [0.25, 0.3) is 0 Å². The minimum atomic E-state index is 0. The molecule has 1 aromatic carbocycles. The summed E-state index contributed by atoms with van der Waals surface area (Å²) in [6, 6.07) is 10.6. The van der Waals surface area contributed by atoms with Crippen molar-refractivity contribution in [2.24, 2.45) is 23.7 Å². The molecule has 1 radical (unpaired) electrons. The first kappa shape index (κ1) is 28.8. The second kappa shape index (κ2) is 16.5. The van der Waals surface area contributed by atoms with Crippen LogP contribution in [-0.2, 0) is 25.8 Å². The van der Waals surface area contributed by atoms with E-state index in [2.05, 4.69) is 98.3 Å². The van der Waals surface area contributed by atoms with Crippen molar-refractivity contribution >= 4 is 14.7 Å². The van der Waals surface area contributed by atoms with E-state index in [0.29, 0.717) is 9.52 Å². The smallest absolute Gasteiger partial charge is 1.00 e. The Morgan fingerprint density at radius 1 is 0.724 bits per heavy atom. The van der Waals surface area contributed by atoms with Crippen LogP contribution in [0, 0.1) is 36.5 Å². The topological polar surface area (TPSA) is 0 Å². The van der Waals surface area contributed by atoms with Crippen molar-refractivity contribution in [1.82, 2.24) is 0 Å². The van der Waals surface area contributed by atoms with Crippen molar-refractivity contribution in [3.05, 3.63) is 91.8 Å². The summed E-state index contributed by atoms with van der Waals surface area (Å²) in [6.45, 7) is 2.25. The van der Waals surface area contributed by atoms with Crippen LogP contribution in [0.25, 0.3) is 0 Å². The van der Waals surface area contributed by atoms with E-state index in [1.54, 1.807) is 0 Å². The van der Waals surface area contributed by atoms with E-state index in [0.717, 1.165) is 23.7 Å². The first-order valence-electron chi connectivity index (χ1n) is 10.1. The van der Waals surface area contributed by atoms with Gasteiger partial charge in [-0.25, -0.2) is 0 Å². The van der Waals surface area contributed by atoms with Gasteiger partial charge < -0.3 is 37.7 Å². The molecule has 0 nitrogen and oxygen atoms in total. The molecule has 0 saturated heterocycles. The maximum absolute atomic E-state index is 2.42. The van der Waals surface area contributed by atoms with Crippen LogP contribution in [-0.4, -0.2) is 9.52 Å². The van der Waals surface area contributed by atoms with Crippen LogP contribution in [0.5, 0.6) is 0 Å². The molecule has 2 saturated carbocycles. The van der Waals surface area contributed by atoms with Gasteiger partial charge in [0, 0.05) is 0 Å². The van der Waals surface area contributed by atoms with E-state index < -0.39 is 0 Å². The van der Waals surface area contributed by atoms with Crippen molar-refractivity contribution in [3.63, 3.8) is 0 Å². The van der Waals surface area contributed by atoms with Crippen molar-refractivity contribution in [3.8, 4) is 0 Å². The van der Waals surface area contributed by atoms with Gasteiger partial charge in [0.2, 0.25) is 0 Å². The third kappa shape index (κ3) is 9.68. The number of hydrogen-bond acceptors (Lipinski definition) is 0. The van der Waals surface area contributed by atoms with E-state index in [4.69, 9.17) is 0 Å². The van der Waals surface area contributed by atoms with Crippen molar-refractivity contribution in [1.29, 1.82) is 0 Å². The zero-order chi connectivity index (χ0) is 18.0. The Labute approximate surface area is 211 Å². The summed E-state index contributed by atoms with van der Waals surface area (Å²) in [6.07, 6.45) is 28.1. The van der Waals surface area contributed by atoms with Crippen LogP contribution in [0.4, 0.5) is 0 Å². The molecular formula is C25H31Cl2HfSi. The fraction of sp³-hybridized carbons (Fsp3) is 0.360. The van der Waals surface area contributed by atoms with Crippen molar-refractivity contribution in [2.45, 2.75) is 32.2 Å². The predicted molar refractivity (Wildman–Crippen MR) is 117 cm³/mol. The first-order chi connectivity index (χ1) is 12.9. The third-order valence-electron chi connectivity index (χ3n) is 5.60. The van der Waals surface area contributed by atoms with Gasteiger partial charge in [-0.2, -0.15) is 12.8 Å². The summed E-state index contributed by atoms with van der Waals surface area (Å²) >= 11 is 0. The monoisotopic (exact) mass is 609 g/mol. The molecule has 0 aliphatic heterocycles. The average molecular weight is 609 g/mol. The molecule has 4 aliphatic carbocycles. The van der Waals surface area contributed by atoms with Crippen LogP contribution in [0.3, 0.4) is 0 Å². The van der Waals surface area contributed by atoms with Crippen molar-refractivity contribution < 1.29 is 50.7 Å². The van der Waals surface area contributed by atoms with Gasteiger partial charge in [-0.05, 0) is 11.8 Å². The van der Waals surface area contributed by atoms with Gasteiger partial charge in [0.05, 0.1) is 9.52 Å². The molecule has 0 bridgehead atoms. The average Bonchev–Trinajstić information content (AvgIpc) is 3.38. The molecule has 2 fully saturated rings. The van der Waals surface area contributed by atoms with Gasteiger partial charge in [-0.1, -0.05) is 91.4 Å². The Hall–Kier alpha value is -0.153. The number of halogens is 2. The second-order valence-electron chi connectivity index (χ2n) is 7.35. The molecule has 4 heteroatoms. The largest absolute Gasteiger partial charge is 4.00 e. The Bertz CT molecular complexity index is 580. The molecule has 5 rings (SSSR count). The Balaban J connectivity index is 0.000000387. The van der Waals surface area contributed by atoms with Gasteiger partial charge in [-0.3, -0.25) is 0 Å². The predicted octanol–water partition coefficient (Wildman–Crippen LogP) is -0.512. The summed E-state index contributed by atoms with van der Waals surface area (Å²) in [7, 11) is 0.511. The molecule has 153 valence electrons. The fourth-order valence-electron chi connectivity index (χ4n) is 4.03. The fourth-order valence-corrected chi connectivity index (χ4v) is 4.64. The number of fused-ring (bicyclic) bond motifs is 2. The van der Waals surface area contributed by atoms with Crippen LogP contribution in [0.15, 0.2) is 78.9 Å². The zero-order valence-electron chi connectivity index (χ0n) is 17.1. The van der Waals surface area contributed by atoms with E-state index >= 15 is 0 Å². The normalized spacial score (nSPS) is 26.8. The quantitative estimate of drug-likeness (QED) is 0.298. The maximum Gasteiger partial charge on any atom is 4.00 e.